The number of rotatable bonds is 6. The molecule has 0 fully saturated rings. The lowest BCUT2D eigenvalue weighted by molar-refractivity contribution is -0.160. The first-order valence-corrected chi connectivity index (χ1v) is 7.92. The van der Waals surface area contributed by atoms with Gasteiger partial charge in [-0.15, -0.1) is 11.8 Å². The van der Waals surface area contributed by atoms with E-state index in [-0.39, 0.29) is 5.75 Å². The lowest BCUT2D eigenvalue weighted by Crippen LogP contribution is -2.39. The summed E-state index contributed by atoms with van der Waals surface area (Å²) in [6.45, 7) is 0. The van der Waals surface area contributed by atoms with E-state index in [4.69, 9.17) is 15.2 Å². The first-order valence-electron chi connectivity index (χ1n) is 6.94. The second-order valence-electron chi connectivity index (χ2n) is 4.91. The maximum atomic E-state index is 12.1. The molecule has 6 heteroatoms. The number of benzene rings is 2. The minimum Gasteiger partial charge on any atom is -0.497 e. The Bertz CT molecular complexity index is 675. The number of para-hydroxylation sites is 1. The van der Waals surface area contributed by atoms with Crippen LogP contribution in [0.15, 0.2) is 53.4 Å². The molecule has 2 aromatic rings. The fourth-order valence-electron chi connectivity index (χ4n) is 2.09. The molecule has 0 amide bonds. The van der Waals surface area contributed by atoms with E-state index in [1.165, 1.54) is 18.9 Å². The van der Waals surface area contributed by atoms with Crippen LogP contribution in [0.25, 0.3) is 0 Å². The first-order chi connectivity index (χ1) is 11.0. The summed E-state index contributed by atoms with van der Waals surface area (Å²) in [5, 5.41) is 10.9. The second kappa shape index (κ2) is 7.39. The van der Waals surface area contributed by atoms with Crippen molar-refractivity contribution in [2.24, 2.45) is 0 Å². The minimum atomic E-state index is -1.77. The van der Waals surface area contributed by atoms with Crippen molar-refractivity contribution in [3.8, 4) is 5.75 Å². The molecule has 0 saturated heterocycles. The number of anilines is 1. The maximum absolute atomic E-state index is 12.1. The lowest BCUT2D eigenvalue weighted by atomic mass is 9.96. The standard InChI is InChI=1S/C17H19NO4S/c1-21-13-9-7-12(8-10-13)17(20,16(19)22-2)11-23-15-6-4-3-5-14(15)18/h3-10,20H,11,18H2,1-2H3/t17-/m0/s1. The second-order valence-corrected chi connectivity index (χ2v) is 5.92. The zero-order valence-corrected chi connectivity index (χ0v) is 13.8. The molecular formula is C17H19NO4S. The Kier molecular flexibility index (Phi) is 5.52. The third kappa shape index (κ3) is 3.78. The number of aliphatic hydroxyl groups is 1. The molecule has 2 aromatic carbocycles. The molecule has 23 heavy (non-hydrogen) atoms. The van der Waals surface area contributed by atoms with Crippen LogP contribution >= 0.6 is 11.8 Å². The van der Waals surface area contributed by atoms with Gasteiger partial charge in [-0.25, -0.2) is 4.79 Å². The Morgan fingerprint density at radius 2 is 1.83 bits per heavy atom. The highest BCUT2D eigenvalue weighted by atomic mass is 32.2. The predicted molar refractivity (Wildman–Crippen MR) is 90.5 cm³/mol. The number of esters is 1. The third-order valence-corrected chi connectivity index (χ3v) is 4.69. The summed E-state index contributed by atoms with van der Waals surface area (Å²) >= 11 is 1.30. The van der Waals surface area contributed by atoms with E-state index >= 15 is 0 Å². The van der Waals surface area contributed by atoms with Gasteiger partial charge >= 0.3 is 5.97 Å². The number of nitrogen functional groups attached to an aromatic ring is 1. The third-order valence-electron chi connectivity index (χ3n) is 3.45. The molecule has 0 aliphatic rings. The van der Waals surface area contributed by atoms with Crippen LogP contribution in [0, 0.1) is 0 Å². The SMILES string of the molecule is COC(=O)[C@](O)(CSc1ccccc1N)c1ccc(OC)cc1. The van der Waals surface area contributed by atoms with E-state index in [2.05, 4.69) is 0 Å². The van der Waals surface area contributed by atoms with Gasteiger partial charge in [0.05, 0.1) is 14.2 Å². The van der Waals surface area contributed by atoms with Crippen molar-refractivity contribution in [1.29, 1.82) is 0 Å². The van der Waals surface area contributed by atoms with Gasteiger partial charge in [0.1, 0.15) is 5.75 Å². The molecule has 0 aliphatic carbocycles. The Morgan fingerprint density at radius 3 is 2.39 bits per heavy atom. The average molecular weight is 333 g/mol. The molecule has 2 rings (SSSR count). The molecular weight excluding hydrogens is 314 g/mol. The van der Waals surface area contributed by atoms with Crippen molar-refractivity contribution >= 4 is 23.4 Å². The van der Waals surface area contributed by atoms with Crippen molar-refractivity contribution in [1.82, 2.24) is 0 Å². The molecule has 122 valence electrons. The van der Waals surface area contributed by atoms with E-state index in [1.807, 2.05) is 18.2 Å². The predicted octanol–water partition coefficient (Wildman–Crippen LogP) is 2.43. The van der Waals surface area contributed by atoms with Crippen molar-refractivity contribution in [2.45, 2.75) is 10.5 Å². The molecule has 0 bridgehead atoms. The van der Waals surface area contributed by atoms with Gasteiger partial charge in [0.15, 0.2) is 5.60 Å². The molecule has 5 nitrogen and oxygen atoms in total. The maximum Gasteiger partial charge on any atom is 0.343 e. The summed E-state index contributed by atoms with van der Waals surface area (Å²) in [7, 11) is 2.80. The van der Waals surface area contributed by atoms with E-state index in [0.717, 1.165) is 4.90 Å². The smallest absolute Gasteiger partial charge is 0.343 e. The van der Waals surface area contributed by atoms with E-state index in [9.17, 15) is 9.90 Å². The molecule has 0 spiro atoms. The monoisotopic (exact) mass is 333 g/mol. The Morgan fingerprint density at radius 1 is 1.17 bits per heavy atom. The number of thioether (sulfide) groups is 1. The molecule has 0 heterocycles. The van der Waals surface area contributed by atoms with Crippen LogP contribution in [0.4, 0.5) is 5.69 Å². The summed E-state index contributed by atoms with van der Waals surface area (Å²) < 4.78 is 9.87. The van der Waals surface area contributed by atoms with Gasteiger partial charge in [-0.2, -0.15) is 0 Å². The zero-order chi connectivity index (χ0) is 16.9. The summed E-state index contributed by atoms with van der Waals surface area (Å²) in [5.41, 5.74) is 5.16. The highest BCUT2D eigenvalue weighted by Gasteiger charge is 2.39. The van der Waals surface area contributed by atoms with Crippen LogP contribution < -0.4 is 10.5 Å². The van der Waals surface area contributed by atoms with Gasteiger partial charge in [-0.3, -0.25) is 0 Å². The Balaban J connectivity index is 2.28. The van der Waals surface area contributed by atoms with Gasteiger partial charge in [-0.05, 0) is 29.8 Å². The minimum absolute atomic E-state index is 0.0835. The molecule has 3 N–H and O–H groups in total. The topological polar surface area (TPSA) is 81.8 Å². The quantitative estimate of drug-likeness (QED) is 0.480. The van der Waals surface area contributed by atoms with Crippen LogP contribution in [0.5, 0.6) is 5.75 Å². The number of hydrogen-bond donors (Lipinski definition) is 2. The Hall–Kier alpha value is -2.18. The van der Waals surface area contributed by atoms with Crippen LogP contribution in [-0.2, 0) is 15.1 Å². The van der Waals surface area contributed by atoms with Crippen LogP contribution in [0.2, 0.25) is 0 Å². The molecule has 0 unspecified atom stereocenters. The van der Waals surface area contributed by atoms with Crippen molar-refractivity contribution in [2.75, 3.05) is 25.7 Å². The van der Waals surface area contributed by atoms with E-state index < -0.39 is 11.6 Å². The fraction of sp³-hybridized carbons (Fsp3) is 0.235. The Labute approximate surface area is 139 Å². The molecule has 0 saturated carbocycles. The molecule has 0 radical (unpaired) electrons. The number of carbonyl (C=O) groups excluding carboxylic acids is 1. The summed E-state index contributed by atoms with van der Waals surface area (Å²) in [6, 6.07) is 13.9. The number of ether oxygens (including phenoxy) is 2. The first kappa shape index (κ1) is 17.2. The van der Waals surface area contributed by atoms with E-state index in [0.29, 0.717) is 17.0 Å². The van der Waals surface area contributed by atoms with Crippen LogP contribution in [-0.4, -0.2) is 31.0 Å². The number of carbonyl (C=O) groups is 1. The highest BCUT2D eigenvalue weighted by molar-refractivity contribution is 7.99. The van der Waals surface area contributed by atoms with Crippen LogP contribution in [0.1, 0.15) is 5.56 Å². The molecule has 0 aromatic heterocycles. The highest BCUT2D eigenvalue weighted by Crippen LogP contribution is 2.34. The summed E-state index contributed by atoms with van der Waals surface area (Å²) in [5.74, 6) is 0.00539. The van der Waals surface area contributed by atoms with Gasteiger partial charge in [-0.1, -0.05) is 24.3 Å². The van der Waals surface area contributed by atoms with Crippen molar-refractivity contribution < 1.29 is 19.4 Å². The largest absolute Gasteiger partial charge is 0.497 e. The van der Waals surface area contributed by atoms with Gasteiger partial charge in [0.2, 0.25) is 0 Å². The number of methoxy groups -OCH3 is 2. The number of nitrogens with two attached hydrogens (primary N) is 1. The van der Waals surface area contributed by atoms with Gasteiger partial charge in [0, 0.05) is 16.3 Å². The van der Waals surface area contributed by atoms with Gasteiger partial charge in [0.25, 0.3) is 0 Å². The molecule has 0 aliphatic heterocycles. The summed E-state index contributed by atoms with van der Waals surface area (Å²) in [4.78, 5) is 12.9. The van der Waals surface area contributed by atoms with Crippen molar-refractivity contribution in [3.63, 3.8) is 0 Å². The lowest BCUT2D eigenvalue weighted by Gasteiger charge is -2.25. The zero-order valence-electron chi connectivity index (χ0n) is 13.0. The van der Waals surface area contributed by atoms with E-state index in [1.54, 1.807) is 37.4 Å². The molecule has 1 atom stereocenters. The normalized spacial score (nSPS) is 13.2. The average Bonchev–Trinajstić information content (AvgIpc) is 2.60. The van der Waals surface area contributed by atoms with Crippen LogP contribution in [0.3, 0.4) is 0 Å². The van der Waals surface area contributed by atoms with Gasteiger partial charge < -0.3 is 20.3 Å². The fourth-order valence-corrected chi connectivity index (χ4v) is 3.15. The van der Waals surface area contributed by atoms with Crippen molar-refractivity contribution in [3.05, 3.63) is 54.1 Å². The number of hydrogen-bond acceptors (Lipinski definition) is 6. The summed E-state index contributed by atoms with van der Waals surface area (Å²) in [6.07, 6.45) is 0.